The van der Waals surface area contributed by atoms with E-state index in [9.17, 15) is 0 Å². The number of halogens is 1. The maximum Gasteiger partial charge on any atom is 0.205 e. The van der Waals surface area contributed by atoms with Gasteiger partial charge < -0.3 is 0 Å². The second-order valence-electron chi connectivity index (χ2n) is 7.17. The van der Waals surface area contributed by atoms with Crippen LogP contribution < -0.4 is 0 Å². The summed E-state index contributed by atoms with van der Waals surface area (Å²) in [4.78, 5) is 11.1. The smallest absolute Gasteiger partial charge is 0.205 e. The average molecular weight is 365 g/mol. The van der Waals surface area contributed by atoms with Crippen LogP contribution in [0.3, 0.4) is 0 Å². The lowest BCUT2D eigenvalue weighted by atomic mass is 9.89. The Bertz CT molecular complexity index is 463. The van der Waals surface area contributed by atoms with E-state index in [4.69, 9.17) is 0 Å². The summed E-state index contributed by atoms with van der Waals surface area (Å²) in [5.74, 6) is 3.37. The highest BCUT2D eigenvalue weighted by Gasteiger charge is 2.08. The maximum absolute atomic E-state index is 4.22. The first kappa shape index (κ1) is 19.2. The third kappa shape index (κ3) is 9.95. The monoisotopic (exact) mass is 364 g/mol. The molecule has 1 heterocycles. The highest BCUT2D eigenvalue weighted by molar-refractivity contribution is 9.12. The van der Waals surface area contributed by atoms with Crippen LogP contribution >= 0.6 is 15.9 Å². The second-order valence-corrected chi connectivity index (χ2v) is 7.57. The fourth-order valence-corrected chi connectivity index (χ4v) is 2.64. The van der Waals surface area contributed by atoms with E-state index in [0.717, 1.165) is 6.42 Å². The molecule has 22 heavy (non-hydrogen) atoms. The molecule has 2 nitrogen and oxygen atoms in total. The molecule has 0 fully saturated rings. The van der Waals surface area contributed by atoms with Crippen LogP contribution in [0.2, 0.25) is 0 Å². The third-order valence-corrected chi connectivity index (χ3v) is 3.95. The van der Waals surface area contributed by atoms with E-state index in [-0.39, 0.29) is 0 Å². The summed E-state index contributed by atoms with van der Waals surface area (Å²) in [7, 11) is 0. The van der Waals surface area contributed by atoms with Crippen molar-refractivity contribution in [3.63, 3.8) is 0 Å². The number of hydrogen-bond acceptors (Lipinski definition) is 2. The Hall–Kier alpha value is -0.880. The number of aromatic nitrogens is 2. The van der Waals surface area contributed by atoms with Gasteiger partial charge in [-0.2, -0.15) is 0 Å². The Kier molecular flexibility index (Phi) is 9.39. The number of nitrogens with zero attached hydrogens (tertiary/aromatic N) is 2. The lowest BCUT2D eigenvalue weighted by Gasteiger charge is -2.17. The molecule has 3 heteroatoms. The molecule has 1 rings (SSSR count). The van der Waals surface area contributed by atoms with Crippen LogP contribution in [-0.4, -0.2) is 9.97 Å². The Morgan fingerprint density at radius 3 is 2.00 bits per heavy atom. The molecule has 1 aromatic heterocycles. The van der Waals surface area contributed by atoms with Gasteiger partial charge in [0.25, 0.3) is 0 Å². The van der Waals surface area contributed by atoms with Crippen LogP contribution in [0, 0.1) is 16.2 Å². The van der Waals surface area contributed by atoms with E-state index in [1.807, 2.05) is 12.4 Å². The fraction of sp³-hybridized carbons (Fsp3) is 0.684. The van der Waals surface area contributed by atoms with Crippen LogP contribution in [0.25, 0.3) is 0 Å². The molecular formula is C19H29BrN2. The van der Waals surface area contributed by atoms with Gasteiger partial charge in [-0.25, -0.2) is 9.97 Å². The van der Waals surface area contributed by atoms with Gasteiger partial charge in [-0.15, -0.1) is 0 Å². The van der Waals surface area contributed by atoms with E-state index in [2.05, 4.69) is 57.4 Å². The fourth-order valence-electron chi connectivity index (χ4n) is 2.46. The lowest BCUT2D eigenvalue weighted by molar-refractivity contribution is 0.356. The first-order valence-corrected chi connectivity index (χ1v) is 9.23. The number of aryl methyl sites for hydroxylation is 1. The Morgan fingerprint density at radius 2 is 1.45 bits per heavy atom. The van der Waals surface area contributed by atoms with Crippen LogP contribution in [0.5, 0.6) is 0 Å². The minimum atomic E-state index is 0.498. The molecule has 0 N–H and O–H groups in total. The van der Waals surface area contributed by atoms with Gasteiger partial charge in [0.2, 0.25) is 5.82 Å². The quantitative estimate of drug-likeness (QED) is 0.403. The number of unbranched alkanes of at least 4 members (excludes halogenated alkanes) is 6. The Balaban J connectivity index is 2.00. The summed E-state index contributed by atoms with van der Waals surface area (Å²) in [5.41, 5.74) is 1.71. The van der Waals surface area contributed by atoms with Crippen molar-refractivity contribution in [2.75, 3.05) is 0 Å². The normalized spacial score (nSPS) is 11.1. The minimum absolute atomic E-state index is 0.498. The molecule has 0 bridgehead atoms. The molecule has 1 aromatic rings. The molecule has 0 radical (unpaired) electrons. The van der Waals surface area contributed by atoms with Crippen molar-refractivity contribution < 1.29 is 0 Å². The summed E-state index contributed by atoms with van der Waals surface area (Å²) < 4.78 is 0. The van der Waals surface area contributed by atoms with Crippen molar-refractivity contribution in [2.45, 2.75) is 78.6 Å². The molecular weight excluding hydrogens is 336 g/mol. The summed E-state index contributed by atoms with van der Waals surface area (Å²) in [6.45, 7) is 6.99. The van der Waals surface area contributed by atoms with Crippen LogP contribution in [0.1, 0.15) is 83.5 Å². The summed E-state index contributed by atoms with van der Waals surface area (Å²) in [6.07, 6.45) is 15.6. The zero-order chi connectivity index (χ0) is 16.3. The second kappa shape index (κ2) is 10.8. The molecule has 0 saturated carbocycles. The van der Waals surface area contributed by atoms with Gasteiger partial charge in [0.05, 0.1) is 0 Å². The van der Waals surface area contributed by atoms with Gasteiger partial charge in [0, 0.05) is 28.3 Å². The van der Waals surface area contributed by atoms with Crippen LogP contribution in [-0.2, 0) is 6.42 Å². The molecule has 0 aromatic carbocycles. The highest BCUT2D eigenvalue weighted by atomic mass is 79.9. The first-order chi connectivity index (χ1) is 10.5. The Labute approximate surface area is 144 Å². The molecule has 0 aliphatic rings. The summed E-state index contributed by atoms with van der Waals surface area (Å²) >= 11 is 3.05. The summed E-state index contributed by atoms with van der Waals surface area (Å²) in [6, 6.07) is 0. The van der Waals surface area contributed by atoms with Crippen molar-refractivity contribution in [1.82, 2.24) is 9.97 Å². The van der Waals surface area contributed by atoms with Crippen molar-refractivity contribution >= 4 is 15.9 Å². The molecule has 0 spiro atoms. The predicted octanol–water partition coefficient (Wildman–Crippen LogP) is 5.89. The largest absolute Gasteiger partial charge is 0.229 e. The SMILES string of the molecule is CC(C)(C)CCCCCCCCCc1cnc(C#CBr)nc1. The molecule has 122 valence electrons. The van der Waals surface area contributed by atoms with Crippen molar-refractivity contribution in [2.24, 2.45) is 5.41 Å². The van der Waals surface area contributed by atoms with Gasteiger partial charge in [0.15, 0.2) is 0 Å². The number of rotatable bonds is 9. The predicted molar refractivity (Wildman–Crippen MR) is 97.9 cm³/mol. The zero-order valence-corrected chi connectivity index (χ0v) is 15.9. The van der Waals surface area contributed by atoms with Gasteiger partial charge in [-0.05, 0) is 41.0 Å². The van der Waals surface area contributed by atoms with Crippen molar-refractivity contribution in [3.05, 3.63) is 23.8 Å². The van der Waals surface area contributed by atoms with Crippen LogP contribution in [0.4, 0.5) is 0 Å². The minimum Gasteiger partial charge on any atom is -0.229 e. The van der Waals surface area contributed by atoms with Crippen molar-refractivity contribution in [3.8, 4) is 10.8 Å². The van der Waals surface area contributed by atoms with Gasteiger partial charge in [0.1, 0.15) is 0 Å². The molecule has 0 aliphatic carbocycles. The standard InChI is InChI=1S/C19H29BrN2/c1-19(2,3)13-10-8-6-4-5-7-9-11-17-15-21-18(12-14-20)22-16-17/h15-16H,4-11,13H2,1-3H3. The summed E-state index contributed by atoms with van der Waals surface area (Å²) in [5, 5.41) is 0. The molecule has 0 atom stereocenters. The molecule has 0 unspecified atom stereocenters. The number of hydrogen-bond donors (Lipinski definition) is 0. The molecule has 0 saturated heterocycles. The lowest BCUT2D eigenvalue weighted by Crippen LogP contribution is -2.03. The van der Waals surface area contributed by atoms with E-state index in [0.29, 0.717) is 11.2 Å². The first-order valence-electron chi connectivity index (χ1n) is 8.44. The van der Waals surface area contributed by atoms with E-state index in [1.165, 1.54) is 56.9 Å². The molecule has 0 amide bonds. The zero-order valence-electron chi connectivity index (χ0n) is 14.3. The van der Waals surface area contributed by atoms with Crippen LogP contribution in [0.15, 0.2) is 12.4 Å². The maximum atomic E-state index is 4.22. The van der Waals surface area contributed by atoms with E-state index in [1.54, 1.807) is 0 Å². The highest BCUT2D eigenvalue weighted by Crippen LogP contribution is 2.22. The topological polar surface area (TPSA) is 25.8 Å². The van der Waals surface area contributed by atoms with Gasteiger partial charge in [-0.3, -0.25) is 0 Å². The third-order valence-electron chi connectivity index (χ3n) is 3.76. The van der Waals surface area contributed by atoms with Gasteiger partial charge >= 0.3 is 0 Å². The Morgan fingerprint density at radius 1 is 0.909 bits per heavy atom. The molecule has 0 aliphatic heterocycles. The van der Waals surface area contributed by atoms with Gasteiger partial charge in [-0.1, -0.05) is 59.3 Å². The van der Waals surface area contributed by atoms with E-state index < -0.39 is 0 Å². The van der Waals surface area contributed by atoms with Crippen molar-refractivity contribution in [1.29, 1.82) is 0 Å². The average Bonchev–Trinajstić information content (AvgIpc) is 2.46. The van der Waals surface area contributed by atoms with E-state index >= 15 is 0 Å².